The first kappa shape index (κ1) is 15.0. The minimum Gasteiger partial charge on any atom is -0.508 e. The second-order valence-electron chi connectivity index (χ2n) is 4.99. The molecule has 5 heteroatoms. The molecular weight excluding hydrogens is 273 g/mol. The summed E-state index contributed by atoms with van der Waals surface area (Å²) in [4.78, 5) is 12.7. The fourth-order valence-electron chi connectivity index (χ4n) is 2.16. The van der Waals surface area contributed by atoms with Crippen LogP contribution in [0.5, 0.6) is 5.75 Å². The summed E-state index contributed by atoms with van der Waals surface area (Å²) in [7, 11) is 1.87. The minimum absolute atomic E-state index is 0.0933. The van der Waals surface area contributed by atoms with Crippen molar-refractivity contribution in [1.82, 2.24) is 4.90 Å². The molecule has 0 unspecified atom stereocenters. The van der Waals surface area contributed by atoms with E-state index >= 15 is 0 Å². The van der Waals surface area contributed by atoms with Gasteiger partial charge in [-0.25, -0.2) is 9.18 Å². The molecule has 0 saturated heterocycles. The van der Waals surface area contributed by atoms with Crippen molar-refractivity contribution < 1.29 is 19.4 Å². The third-order valence-corrected chi connectivity index (χ3v) is 3.05. The fraction of sp³-hybridized carbons (Fsp3) is 0.188. The van der Waals surface area contributed by atoms with E-state index in [0.717, 1.165) is 11.6 Å². The molecule has 21 heavy (non-hydrogen) atoms. The number of phenolic OH excluding ortho intramolecular Hbond substituents is 1. The number of halogens is 1. The van der Waals surface area contributed by atoms with Crippen LogP contribution in [0.2, 0.25) is 0 Å². The predicted octanol–water partition coefficient (Wildman–Crippen LogP) is 2.86. The summed E-state index contributed by atoms with van der Waals surface area (Å²) in [5.74, 6) is -1.52. The zero-order valence-electron chi connectivity index (χ0n) is 11.6. The van der Waals surface area contributed by atoms with Crippen LogP contribution in [0.4, 0.5) is 4.39 Å². The van der Waals surface area contributed by atoms with Gasteiger partial charge in [0.25, 0.3) is 0 Å². The van der Waals surface area contributed by atoms with E-state index in [4.69, 9.17) is 5.11 Å². The maximum atomic E-state index is 13.2. The lowest BCUT2D eigenvalue weighted by molar-refractivity contribution is 0.0697. The van der Waals surface area contributed by atoms with Crippen LogP contribution in [0.25, 0.3) is 0 Å². The highest BCUT2D eigenvalue weighted by Gasteiger charge is 2.06. The molecule has 0 heterocycles. The highest BCUT2D eigenvalue weighted by atomic mass is 19.1. The van der Waals surface area contributed by atoms with Crippen LogP contribution in [0.3, 0.4) is 0 Å². The largest absolute Gasteiger partial charge is 0.508 e. The molecule has 0 aliphatic rings. The molecule has 2 N–H and O–H groups in total. The maximum absolute atomic E-state index is 13.2. The average molecular weight is 289 g/mol. The Balaban J connectivity index is 2.00. The summed E-state index contributed by atoms with van der Waals surface area (Å²) in [5.41, 5.74) is 1.89. The number of rotatable bonds is 5. The van der Waals surface area contributed by atoms with Crippen LogP contribution >= 0.6 is 0 Å². The van der Waals surface area contributed by atoms with Crippen LogP contribution < -0.4 is 0 Å². The second kappa shape index (κ2) is 6.37. The van der Waals surface area contributed by atoms with Gasteiger partial charge in [0.15, 0.2) is 0 Å². The molecule has 110 valence electrons. The number of aromatic hydroxyl groups is 1. The van der Waals surface area contributed by atoms with Crippen LogP contribution in [-0.2, 0) is 13.1 Å². The first-order valence-electron chi connectivity index (χ1n) is 6.43. The Morgan fingerprint density at radius 1 is 1.10 bits per heavy atom. The van der Waals surface area contributed by atoms with Gasteiger partial charge >= 0.3 is 5.97 Å². The quantitative estimate of drug-likeness (QED) is 0.888. The van der Waals surface area contributed by atoms with Crippen LogP contribution in [0, 0.1) is 5.82 Å². The van der Waals surface area contributed by atoms with Crippen molar-refractivity contribution in [2.45, 2.75) is 13.1 Å². The SMILES string of the molecule is CN(Cc1ccc(C(=O)O)cc1)Cc1cc(O)cc(F)c1. The van der Waals surface area contributed by atoms with Gasteiger partial charge in [-0.2, -0.15) is 0 Å². The molecule has 2 aromatic rings. The van der Waals surface area contributed by atoms with E-state index in [1.807, 2.05) is 11.9 Å². The normalized spacial score (nSPS) is 10.8. The molecule has 0 bridgehead atoms. The van der Waals surface area contributed by atoms with Gasteiger partial charge in [0.1, 0.15) is 11.6 Å². The van der Waals surface area contributed by atoms with E-state index in [1.165, 1.54) is 12.1 Å². The number of hydrogen-bond acceptors (Lipinski definition) is 3. The summed E-state index contributed by atoms with van der Waals surface area (Å²) >= 11 is 0. The number of aromatic carboxylic acids is 1. The van der Waals surface area contributed by atoms with Crippen LogP contribution in [0.15, 0.2) is 42.5 Å². The van der Waals surface area contributed by atoms with Crippen molar-refractivity contribution in [3.05, 3.63) is 65.0 Å². The van der Waals surface area contributed by atoms with Gasteiger partial charge in [0, 0.05) is 19.2 Å². The molecule has 4 nitrogen and oxygen atoms in total. The number of nitrogens with zero attached hydrogens (tertiary/aromatic N) is 1. The molecule has 0 aliphatic carbocycles. The zero-order chi connectivity index (χ0) is 15.4. The highest BCUT2D eigenvalue weighted by molar-refractivity contribution is 5.87. The lowest BCUT2D eigenvalue weighted by Gasteiger charge is -2.17. The molecule has 0 amide bonds. The van der Waals surface area contributed by atoms with E-state index in [0.29, 0.717) is 18.7 Å². The molecule has 0 fully saturated rings. The predicted molar refractivity (Wildman–Crippen MR) is 76.6 cm³/mol. The molecule has 2 rings (SSSR count). The first-order valence-corrected chi connectivity index (χ1v) is 6.43. The topological polar surface area (TPSA) is 60.8 Å². The van der Waals surface area contributed by atoms with Crippen molar-refractivity contribution in [2.75, 3.05) is 7.05 Å². The summed E-state index contributed by atoms with van der Waals surface area (Å²) < 4.78 is 13.2. The minimum atomic E-state index is -0.954. The first-order chi connectivity index (χ1) is 9.94. The number of carboxylic acids is 1. The van der Waals surface area contributed by atoms with Crippen molar-refractivity contribution in [3.8, 4) is 5.75 Å². The zero-order valence-corrected chi connectivity index (χ0v) is 11.6. The lowest BCUT2D eigenvalue weighted by atomic mass is 10.1. The van der Waals surface area contributed by atoms with Gasteiger partial charge in [-0.1, -0.05) is 12.1 Å². The van der Waals surface area contributed by atoms with Gasteiger partial charge in [-0.15, -0.1) is 0 Å². The molecule has 0 aliphatic heterocycles. The number of carbonyl (C=O) groups is 1. The summed E-state index contributed by atoms with van der Waals surface area (Å²) in [6, 6.07) is 10.6. The Labute approximate surface area is 122 Å². The lowest BCUT2D eigenvalue weighted by Crippen LogP contribution is -2.17. The Morgan fingerprint density at radius 3 is 2.29 bits per heavy atom. The summed E-state index contributed by atoms with van der Waals surface area (Å²) in [6.07, 6.45) is 0. The Bertz CT molecular complexity index is 620. The van der Waals surface area contributed by atoms with Crippen LogP contribution in [0.1, 0.15) is 21.5 Å². The van der Waals surface area contributed by atoms with E-state index in [-0.39, 0.29) is 11.3 Å². The van der Waals surface area contributed by atoms with Crippen LogP contribution in [-0.4, -0.2) is 28.1 Å². The van der Waals surface area contributed by atoms with Gasteiger partial charge < -0.3 is 10.2 Å². The summed E-state index contributed by atoms with van der Waals surface area (Å²) in [5, 5.41) is 18.2. The highest BCUT2D eigenvalue weighted by Crippen LogP contribution is 2.16. The average Bonchev–Trinajstić information content (AvgIpc) is 2.37. The molecular formula is C16H16FNO3. The number of phenols is 1. The molecule has 0 atom stereocenters. The Morgan fingerprint density at radius 2 is 1.71 bits per heavy atom. The maximum Gasteiger partial charge on any atom is 0.335 e. The Hall–Kier alpha value is -2.40. The summed E-state index contributed by atoms with van der Waals surface area (Å²) in [6.45, 7) is 1.07. The monoisotopic (exact) mass is 289 g/mol. The molecule has 0 saturated carbocycles. The van der Waals surface area contributed by atoms with Gasteiger partial charge in [-0.3, -0.25) is 4.90 Å². The van der Waals surface area contributed by atoms with E-state index in [1.54, 1.807) is 24.3 Å². The standard InChI is InChI=1S/C16H16FNO3/c1-18(10-12-6-14(17)8-15(19)7-12)9-11-2-4-13(5-3-11)16(20)21/h2-8,19H,9-10H2,1H3,(H,20,21). The molecule has 0 spiro atoms. The smallest absolute Gasteiger partial charge is 0.335 e. The molecule has 0 aromatic heterocycles. The number of carboxylic acid groups (broad SMARTS) is 1. The molecule has 2 aromatic carbocycles. The van der Waals surface area contributed by atoms with Crippen molar-refractivity contribution >= 4 is 5.97 Å². The van der Waals surface area contributed by atoms with Gasteiger partial charge in [0.05, 0.1) is 5.56 Å². The number of benzene rings is 2. The third kappa shape index (κ3) is 4.29. The van der Waals surface area contributed by atoms with Crippen molar-refractivity contribution in [3.63, 3.8) is 0 Å². The van der Waals surface area contributed by atoms with E-state index < -0.39 is 11.8 Å². The third-order valence-electron chi connectivity index (χ3n) is 3.05. The van der Waals surface area contributed by atoms with Crippen molar-refractivity contribution in [1.29, 1.82) is 0 Å². The van der Waals surface area contributed by atoms with Crippen molar-refractivity contribution in [2.24, 2.45) is 0 Å². The van der Waals surface area contributed by atoms with E-state index in [2.05, 4.69) is 0 Å². The Kier molecular flexibility index (Phi) is 4.55. The van der Waals surface area contributed by atoms with Gasteiger partial charge in [0.2, 0.25) is 0 Å². The van der Waals surface area contributed by atoms with Gasteiger partial charge in [-0.05, 0) is 42.4 Å². The fourth-order valence-corrected chi connectivity index (χ4v) is 2.16. The second-order valence-corrected chi connectivity index (χ2v) is 4.99. The number of hydrogen-bond donors (Lipinski definition) is 2. The molecule has 0 radical (unpaired) electrons. The van der Waals surface area contributed by atoms with E-state index in [9.17, 15) is 14.3 Å².